The molecular weight excluding hydrogens is 272 g/mol. The first-order chi connectivity index (χ1) is 4.71. The Hall–Kier alpha value is 1.78. The van der Waals surface area contributed by atoms with Crippen molar-refractivity contribution in [1.29, 1.82) is 0 Å². The van der Waals surface area contributed by atoms with Crippen LogP contribution in [0.1, 0.15) is 0 Å². The second-order valence-electron chi connectivity index (χ2n) is 1.77. The number of rotatable bonds is 0. The summed E-state index contributed by atoms with van der Waals surface area (Å²) < 4.78 is 5.24. The molecule has 0 atom stereocenters. The molecule has 0 aromatic heterocycles. The van der Waals surface area contributed by atoms with Gasteiger partial charge in [-0.15, -0.1) is 0 Å². The van der Waals surface area contributed by atoms with Gasteiger partial charge in [-0.1, -0.05) is 0 Å². The first kappa shape index (κ1) is 9.87. The van der Waals surface area contributed by atoms with Crippen molar-refractivity contribution in [2.24, 2.45) is 0 Å². The average Bonchev–Trinajstić information content (AvgIpc) is 1.81. The van der Waals surface area contributed by atoms with E-state index in [9.17, 15) is 0 Å². The van der Waals surface area contributed by atoms with E-state index in [1.807, 2.05) is 0 Å². The van der Waals surface area contributed by atoms with Crippen LogP contribution < -0.4 is 0 Å². The first-order valence-electron chi connectivity index (χ1n) is 2.94. The summed E-state index contributed by atoms with van der Waals surface area (Å²) in [5.41, 5.74) is 0. The number of hydrogen-bond donors (Lipinski definition) is 0. The summed E-state index contributed by atoms with van der Waals surface area (Å²) in [6.07, 6.45) is 0. The summed E-state index contributed by atoms with van der Waals surface area (Å²) in [5, 5.41) is 0. The zero-order chi connectivity index (χ0) is 7.45. The minimum absolute atomic E-state index is 0.803. The molecule has 1 saturated heterocycles. The van der Waals surface area contributed by atoms with Crippen LogP contribution in [0.3, 0.4) is 0 Å². The van der Waals surface area contributed by atoms with Crippen LogP contribution in [0, 0.1) is 0 Å². The monoisotopic (exact) mass is 280 g/mol. The van der Waals surface area contributed by atoms with E-state index in [2.05, 4.69) is 0 Å². The number of ether oxygens (including phenoxy) is 1. The Morgan fingerprint density at radius 3 is 2.10 bits per heavy atom. The molecule has 0 aliphatic carbocycles. The Balaban J connectivity index is 2.30. The topological polar surface area (TPSA) is 9.23 Å². The van der Waals surface area contributed by atoms with E-state index in [1.165, 1.54) is 0 Å². The van der Waals surface area contributed by atoms with Crippen molar-refractivity contribution in [3.05, 3.63) is 0 Å². The van der Waals surface area contributed by atoms with Crippen molar-refractivity contribution in [1.82, 2.24) is 0 Å². The molecule has 0 unspecified atom stereocenters. The number of halogens is 2. The molecule has 0 saturated carbocycles. The quantitative estimate of drug-likeness (QED) is 0.630. The maximum absolute atomic E-state index is 6.07. The van der Waals surface area contributed by atoms with Crippen molar-refractivity contribution >= 4 is 49.3 Å². The van der Waals surface area contributed by atoms with E-state index >= 15 is 0 Å². The Morgan fingerprint density at radius 2 is 1.60 bits per heavy atom. The Bertz CT molecular complexity index is 103. The van der Waals surface area contributed by atoms with Gasteiger partial charge in [0.25, 0.3) is 0 Å². The first-order valence-corrected chi connectivity index (χ1v) is 15.6. The molecule has 1 heterocycles. The third-order valence-electron chi connectivity index (χ3n) is 0.996. The molecule has 10 heavy (non-hydrogen) atoms. The van der Waals surface area contributed by atoms with Gasteiger partial charge in [-0.3, -0.25) is 0 Å². The van der Waals surface area contributed by atoms with E-state index in [1.54, 1.807) is 20.2 Å². The predicted molar refractivity (Wildman–Crippen MR) is 53.2 cm³/mol. The molecule has 0 spiro atoms. The molecule has 1 rings (SSSR count). The molecule has 1 aliphatic heterocycles. The molecule has 1 fully saturated rings. The van der Waals surface area contributed by atoms with Crippen LogP contribution in [0.2, 0.25) is 0 Å². The molecule has 60 valence electrons. The minimum atomic E-state index is -2.44. The second-order valence-corrected chi connectivity index (χ2v) is 28.0. The molecule has 0 aromatic carbocycles. The average molecular weight is 280 g/mol. The van der Waals surface area contributed by atoms with Crippen LogP contribution in [0.25, 0.3) is 0 Å². The summed E-state index contributed by atoms with van der Waals surface area (Å²) in [7, 11) is 13.1. The van der Waals surface area contributed by atoms with Gasteiger partial charge in [0.1, 0.15) is 0 Å². The Morgan fingerprint density at radius 1 is 1.10 bits per heavy atom. The van der Waals surface area contributed by atoms with Gasteiger partial charge < -0.3 is 0 Å². The SMILES string of the molecule is [Cl][Ge]1([Cl])[S]CCOCC[S]1. The second kappa shape index (κ2) is 4.72. The summed E-state index contributed by atoms with van der Waals surface area (Å²) in [5.74, 6) is 1.92. The zero-order valence-corrected chi connectivity index (χ0v) is 10.6. The van der Waals surface area contributed by atoms with E-state index < -0.39 is 9.12 Å². The van der Waals surface area contributed by atoms with Gasteiger partial charge in [0.05, 0.1) is 0 Å². The number of hydrogen-bond acceptors (Lipinski definition) is 3. The fraction of sp³-hybridized carbons (Fsp3) is 1.00. The third-order valence-corrected chi connectivity index (χ3v) is 19.7. The molecule has 0 radical (unpaired) electrons. The molecular formula is C4H8Cl2GeOS2. The molecule has 0 bridgehead atoms. The zero-order valence-electron chi connectivity index (χ0n) is 5.31. The summed E-state index contributed by atoms with van der Waals surface area (Å²) in [6.45, 7) is 1.61. The van der Waals surface area contributed by atoms with E-state index in [0.29, 0.717) is 0 Å². The van der Waals surface area contributed by atoms with E-state index in [0.717, 1.165) is 24.7 Å². The standard InChI is InChI=1S/C4H8Cl2GeOS2/c5-7(6)9-3-1-8-2-4-10-7/h1-4H2. The van der Waals surface area contributed by atoms with Gasteiger partial charge in [-0.2, -0.15) is 0 Å². The summed E-state index contributed by atoms with van der Waals surface area (Å²) in [6, 6.07) is 0. The molecule has 1 aliphatic rings. The van der Waals surface area contributed by atoms with Crippen molar-refractivity contribution in [2.75, 3.05) is 24.7 Å². The fourth-order valence-electron chi connectivity index (χ4n) is 0.583. The van der Waals surface area contributed by atoms with Gasteiger partial charge in [0.2, 0.25) is 0 Å². The van der Waals surface area contributed by atoms with E-state index in [-0.39, 0.29) is 0 Å². The van der Waals surface area contributed by atoms with Gasteiger partial charge >= 0.3 is 78.8 Å². The Labute approximate surface area is 78.3 Å². The maximum atomic E-state index is 6.07. The van der Waals surface area contributed by atoms with E-state index in [4.69, 9.17) is 24.8 Å². The molecule has 6 heteroatoms. The van der Waals surface area contributed by atoms with Gasteiger partial charge in [-0.05, 0) is 0 Å². The van der Waals surface area contributed by atoms with Crippen LogP contribution in [0.15, 0.2) is 0 Å². The normalized spacial score (nSPS) is 27.0. The van der Waals surface area contributed by atoms with Crippen LogP contribution in [0.5, 0.6) is 0 Å². The van der Waals surface area contributed by atoms with Crippen molar-refractivity contribution in [3.63, 3.8) is 0 Å². The third kappa shape index (κ3) is 3.97. The van der Waals surface area contributed by atoms with Crippen molar-refractivity contribution in [3.8, 4) is 0 Å². The van der Waals surface area contributed by atoms with Crippen molar-refractivity contribution < 1.29 is 4.74 Å². The predicted octanol–water partition coefficient (Wildman–Crippen LogP) is 2.40. The van der Waals surface area contributed by atoms with Crippen LogP contribution >= 0.6 is 40.2 Å². The van der Waals surface area contributed by atoms with Crippen LogP contribution in [-0.4, -0.2) is 33.8 Å². The summed E-state index contributed by atoms with van der Waals surface area (Å²) in [4.78, 5) is 0. The fourth-order valence-corrected chi connectivity index (χ4v) is 14.8. The molecule has 1 nitrogen and oxygen atoms in total. The molecule has 0 N–H and O–H groups in total. The Kier molecular flexibility index (Phi) is 4.66. The molecule has 0 amide bonds. The van der Waals surface area contributed by atoms with Gasteiger partial charge in [0.15, 0.2) is 0 Å². The van der Waals surface area contributed by atoms with Gasteiger partial charge in [0, 0.05) is 0 Å². The van der Waals surface area contributed by atoms with Crippen LogP contribution in [0.4, 0.5) is 0 Å². The summed E-state index contributed by atoms with van der Waals surface area (Å²) >= 11 is 0. The van der Waals surface area contributed by atoms with Gasteiger partial charge in [-0.25, -0.2) is 0 Å². The molecule has 0 aromatic rings. The van der Waals surface area contributed by atoms with Crippen LogP contribution in [-0.2, 0) is 4.74 Å². The van der Waals surface area contributed by atoms with Crippen molar-refractivity contribution in [2.45, 2.75) is 0 Å².